The number of benzene rings is 1. The Morgan fingerprint density at radius 3 is 2.59 bits per heavy atom. The molecule has 1 spiro atoms. The fraction of sp³-hybridized carbons (Fsp3) is 0.467. The lowest BCUT2D eigenvalue weighted by Crippen LogP contribution is -2.49. The molecular weight excluding hydrogens is 496 g/mol. The number of oxazole rings is 1. The number of methoxy groups -OCH3 is 1. The number of likely N-dealkylation sites (tertiary alicyclic amines) is 1. The van der Waals surface area contributed by atoms with Crippen LogP contribution in [0, 0.1) is 6.92 Å². The summed E-state index contributed by atoms with van der Waals surface area (Å²) in [4.78, 5) is 29.1. The van der Waals surface area contributed by atoms with Crippen molar-refractivity contribution >= 4 is 28.2 Å². The molecule has 9 heteroatoms. The number of nitrogens with zero attached hydrogens (tertiary/aromatic N) is 4. The average Bonchev–Trinajstić information content (AvgIpc) is 3.54. The van der Waals surface area contributed by atoms with Crippen LogP contribution in [0.1, 0.15) is 64.0 Å². The van der Waals surface area contributed by atoms with E-state index < -0.39 is 5.60 Å². The minimum absolute atomic E-state index is 0.0969. The SMILES string of the molecule is COCOc1cc2nc(C)oc2cc1-c1ccc2nc(C3CCN(C(=O)OC(C)(C)C)C4(CC4)C3)ccc2n1. The molecule has 1 amide bonds. The molecule has 2 aliphatic rings. The lowest BCUT2D eigenvalue weighted by atomic mass is 9.86. The molecule has 4 heterocycles. The zero-order valence-corrected chi connectivity index (χ0v) is 23.1. The number of amides is 1. The molecule has 4 aromatic rings. The Labute approximate surface area is 227 Å². The first-order valence-corrected chi connectivity index (χ1v) is 13.5. The summed E-state index contributed by atoms with van der Waals surface area (Å²) >= 11 is 0. The van der Waals surface area contributed by atoms with Gasteiger partial charge in [0.25, 0.3) is 0 Å². The van der Waals surface area contributed by atoms with Gasteiger partial charge in [-0.2, -0.15) is 0 Å². The highest BCUT2D eigenvalue weighted by atomic mass is 16.7. The van der Waals surface area contributed by atoms with Gasteiger partial charge in [0.1, 0.15) is 16.9 Å². The van der Waals surface area contributed by atoms with E-state index in [-0.39, 0.29) is 18.4 Å². The summed E-state index contributed by atoms with van der Waals surface area (Å²) in [6.45, 7) is 8.36. The molecule has 9 nitrogen and oxygen atoms in total. The summed E-state index contributed by atoms with van der Waals surface area (Å²) in [5.41, 5.74) is 5.05. The number of fused-ring (bicyclic) bond motifs is 2. The molecule has 1 atom stereocenters. The minimum Gasteiger partial charge on any atom is -0.467 e. The summed E-state index contributed by atoms with van der Waals surface area (Å²) in [5.74, 6) is 1.51. The highest BCUT2D eigenvalue weighted by molar-refractivity contribution is 5.86. The van der Waals surface area contributed by atoms with Gasteiger partial charge >= 0.3 is 6.09 Å². The Bertz CT molecular complexity index is 1550. The first-order chi connectivity index (χ1) is 18.6. The number of hydrogen-bond donors (Lipinski definition) is 0. The van der Waals surface area contributed by atoms with Gasteiger partial charge in [-0.1, -0.05) is 0 Å². The summed E-state index contributed by atoms with van der Waals surface area (Å²) < 4.78 is 22.4. The second-order valence-electron chi connectivity index (χ2n) is 11.6. The number of carbonyl (C=O) groups excluding carboxylic acids is 1. The molecule has 204 valence electrons. The molecule has 1 saturated heterocycles. The normalized spacial score (nSPS) is 18.6. The van der Waals surface area contributed by atoms with Crippen LogP contribution in [0.25, 0.3) is 33.4 Å². The van der Waals surface area contributed by atoms with Crippen LogP contribution in [-0.2, 0) is 9.47 Å². The Hall–Kier alpha value is -3.72. The Balaban J connectivity index is 1.26. The molecule has 0 bridgehead atoms. The first-order valence-electron chi connectivity index (χ1n) is 13.5. The number of aromatic nitrogens is 3. The topological polar surface area (TPSA) is 99.8 Å². The van der Waals surface area contributed by atoms with Crippen LogP contribution in [0.5, 0.6) is 5.75 Å². The van der Waals surface area contributed by atoms with Crippen molar-refractivity contribution < 1.29 is 23.4 Å². The van der Waals surface area contributed by atoms with E-state index in [9.17, 15) is 4.79 Å². The van der Waals surface area contributed by atoms with Gasteiger partial charge in [-0.25, -0.2) is 14.8 Å². The standard InChI is InChI=1S/C30H34N4O5/c1-18-31-25-15-26(37-17-36-5)20(14-27(25)38-18)22-7-9-23-24(33-22)8-6-21(32-23)19-10-13-34(30(16-19)11-12-30)28(35)39-29(2,3)4/h6-9,14-15,19H,10-13,16-17H2,1-5H3. The summed E-state index contributed by atoms with van der Waals surface area (Å²) in [5, 5.41) is 0. The minimum atomic E-state index is -0.494. The fourth-order valence-electron chi connectivity index (χ4n) is 5.58. The number of aryl methyl sites for hydroxylation is 1. The molecule has 1 saturated carbocycles. The fourth-order valence-corrected chi connectivity index (χ4v) is 5.58. The molecular formula is C30H34N4O5. The quantitative estimate of drug-likeness (QED) is 0.274. The highest BCUT2D eigenvalue weighted by Gasteiger charge is 2.54. The largest absolute Gasteiger partial charge is 0.467 e. The molecule has 39 heavy (non-hydrogen) atoms. The van der Waals surface area contributed by atoms with E-state index in [1.807, 2.05) is 62.9 Å². The smallest absolute Gasteiger partial charge is 0.410 e. The number of rotatable bonds is 5. The second kappa shape index (κ2) is 9.48. The van der Waals surface area contributed by atoms with E-state index in [4.69, 9.17) is 28.6 Å². The van der Waals surface area contributed by atoms with Gasteiger partial charge in [0, 0.05) is 49.4 Å². The molecule has 1 aromatic carbocycles. The van der Waals surface area contributed by atoms with Gasteiger partial charge in [0.05, 0.1) is 16.7 Å². The first kappa shape index (κ1) is 25.6. The molecule has 3 aromatic heterocycles. The van der Waals surface area contributed by atoms with Gasteiger partial charge in [0.15, 0.2) is 18.3 Å². The highest BCUT2D eigenvalue weighted by Crippen LogP contribution is 2.52. The van der Waals surface area contributed by atoms with E-state index in [1.54, 1.807) is 7.11 Å². The van der Waals surface area contributed by atoms with Gasteiger partial charge < -0.3 is 23.5 Å². The van der Waals surface area contributed by atoms with Crippen LogP contribution in [0.2, 0.25) is 0 Å². The van der Waals surface area contributed by atoms with Gasteiger partial charge in [-0.3, -0.25) is 4.98 Å². The zero-order chi connectivity index (χ0) is 27.4. The Morgan fingerprint density at radius 1 is 1.08 bits per heavy atom. The molecule has 1 aliphatic carbocycles. The maximum Gasteiger partial charge on any atom is 0.410 e. The Morgan fingerprint density at radius 2 is 1.85 bits per heavy atom. The van der Waals surface area contributed by atoms with Gasteiger partial charge in [-0.15, -0.1) is 0 Å². The number of pyridine rings is 2. The zero-order valence-electron chi connectivity index (χ0n) is 23.1. The maximum absolute atomic E-state index is 12.8. The second-order valence-corrected chi connectivity index (χ2v) is 11.6. The van der Waals surface area contributed by atoms with Crippen molar-refractivity contribution in [1.29, 1.82) is 0 Å². The predicted octanol–water partition coefficient (Wildman–Crippen LogP) is 6.38. The van der Waals surface area contributed by atoms with E-state index in [1.165, 1.54) is 0 Å². The number of piperidine rings is 1. The number of ether oxygens (including phenoxy) is 3. The van der Waals surface area contributed by atoms with E-state index >= 15 is 0 Å². The van der Waals surface area contributed by atoms with Crippen LogP contribution in [0.3, 0.4) is 0 Å². The maximum atomic E-state index is 12.8. The molecule has 0 radical (unpaired) electrons. The van der Waals surface area contributed by atoms with Crippen LogP contribution < -0.4 is 4.74 Å². The van der Waals surface area contributed by atoms with E-state index in [0.717, 1.165) is 59.2 Å². The predicted molar refractivity (Wildman–Crippen MR) is 147 cm³/mol. The van der Waals surface area contributed by atoms with Crippen LogP contribution in [0.4, 0.5) is 4.79 Å². The summed E-state index contributed by atoms with van der Waals surface area (Å²) in [6, 6.07) is 11.8. The van der Waals surface area contributed by atoms with Crippen LogP contribution in [0.15, 0.2) is 40.8 Å². The third-order valence-electron chi connectivity index (χ3n) is 7.53. The average molecular weight is 531 g/mol. The molecule has 2 fully saturated rings. The number of carbonyl (C=O) groups is 1. The summed E-state index contributed by atoms with van der Waals surface area (Å²) in [7, 11) is 1.59. The van der Waals surface area contributed by atoms with Crippen molar-refractivity contribution in [2.24, 2.45) is 0 Å². The van der Waals surface area contributed by atoms with Crippen molar-refractivity contribution in [1.82, 2.24) is 19.9 Å². The van der Waals surface area contributed by atoms with E-state index in [2.05, 4.69) is 11.1 Å². The number of hydrogen-bond acceptors (Lipinski definition) is 8. The molecule has 0 N–H and O–H groups in total. The lowest BCUT2D eigenvalue weighted by molar-refractivity contribution is 0.00357. The lowest BCUT2D eigenvalue weighted by Gasteiger charge is -2.40. The van der Waals surface area contributed by atoms with Crippen molar-refractivity contribution in [2.45, 2.75) is 70.4 Å². The van der Waals surface area contributed by atoms with Gasteiger partial charge in [-0.05, 0) is 76.8 Å². The van der Waals surface area contributed by atoms with Crippen molar-refractivity contribution in [3.8, 4) is 17.0 Å². The third-order valence-corrected chi connectivity index (χ3v) is 7.53. The Kier molecular flexibility index (Phi) is 6.21. The third kappa shape index (κ3) is 5.03. The molecule has 1 aliphatic heterocycles. The van der Waals surface area contributed by atoms with E-state index in [0.29, 0.717) is 29.7 Å². The van der Waals surface area contributed by atoms with Crippen molar-refractivity contribution in [3.05, 3.63) is 48.0 Å². The molecule has 6 rings (SSSR count). The van der Waals surface area contributed by atoms with Gasteiger partial charge in [0.2, 0.25) is 0 Å². The molecule has 1 unspecified atom stereocenters. The monoisotopic (exact) mass is 530 g/mol. The van der Waals surface area contributed by atoms with Crippen molar-refractivity contribution in [2.75, 3.05) is 20.4 Å². The summed E-state index contributed by atoms with van der Waals surface area (Å²) in [6.07, 6.45) is 3.61. The van der Waals surface area contributed by atoms with Crippen LogP contribution >= 0.6 is 0 Å². The van der Waals surface area contributed by atoms with Crippen LogP contribution in [-0.4, -0.2) is 57.5 Å². The van der Waals surface area contributed by atoms with Crippen molar-refractivity contribution in [3.63, 3.8) is 0 Å².